The maximum Gasteiger partial charge on any atom is 0.187 e. The van der Waals surface area contributed by atoms with Gasteiger partial charge in [0.15, 0.2) is 37.2 Å². The molecule has 0 unspecified atom stereocenters. The smallest absolute Gasteiger partial charge is 0.187 e. The van der Waals surface area contributed by atoms with Gasteiger partial charge in [-0.05, 0) is 74.5 Å². The summed E-state index contributed by atoms with van der Waals surface area (Å²) >= 11 is 0. The molecular weight excluding hydrogens is 1180 g/mol. The van der Waals surface area contributed by atoms with Gasteiger partial charge in [0, 0.05) is 30.1 Å². The molecule has 0 bridgehead atoms. The molecule has 10 aliphatic rings. The summed E-state index contributed by atoms with van der Waals surface area (Å²) in [6.45, 7) is 4.39. The summed E-state index contributed by atoms with van der Waals surface area (Å²) in [6, 6.07) is 0. The van der Waals surface area contributed by atoms with Crippen molar-refractivity contribution in [3.63, 3.8) is 0 Å². The summed E-state index contributed by atoms with van der Waals surface area (Å²) in [5.41, 5.74) is -0.933. The molecule has 19 N–H and O–H groups in total. The first-order valence-corrected chi connectivity index (χ1v) is 31.2. The first kappa shape index (κ1) is 69.4. The normalized spacial score (nSPS) is 54.2. The van der Waals surface area contributed by atoms with Crippen LogP contribution in [0.4, 0.5) is 0 Å². The second kappa shape index (κ2) is 27.3. The minimum Gasteiger partial charge on any atom is -0.394 e. The average Bonchev–Trinajstić information content (AvgIpc) is 1.52. The number of fused-ring (bicyclic) bond motifs is 7. The molecule has 9 fully saturated rings. The number of rotatable bonds is 20. The van der Waals surface area contributed by atoms with E-state index in [2.05, 4.69) is 19.9 Å². The van der Waals surface area contributed by atoms with E-state index in [1.807, 2.05) is 13.8 Å². The summed E-state index contributed by atoms with van der Waals surface area (Å²) in [5, 5.41) is 206. The average molecular weight is 1270 g/mol. The Bertz CT molecular complexity index is 2320. The summed E-state index contributed by atoms with van der Waals surface area (Å²) < 4.78 is 65.3. The molecule has 30 nitrogen and oxygen atoms in total. The lowest BCUT2D eigenvalue weighted by Crippen LogP contribution is -2.68. The van der Waals surface area contributed by atoms with E-state index < -0.39 is 216 Å². The van der Waals surface area contributed by atoms with Crippen molar-refractivity contribution in [2.24, 2.45) is 40.4 Å². The SMILES string of the molecule is C[C@H](CCO[C@@H]1O[C@H](CO)[C@@H](O)[C@H](O)[C@H]1O)CC[C@@]1(O)O[C@H]2C[C@@]3(O)[C@@H]4CC=C5C[C@@H](O[C@@H]6O[C@H](CO)[C@H](O[C@@H]7O[C@H](CO)[C@@H](O[C@@H]8O[C@H](CO)[C@@H](O)[C@H](O)[C@H]8O)[C@H](O)[C@H]7O[C@@H]7O[C@H](CO)[C@@H](O)[C@H](O)[C@H]7O)[C@H](O)[C@H]6O)CC[C@]5(C)[C@H]4CC[C@]3(C)[C@H]2[C@@H]1C. The lowest BCUT2D eigenvalue weighted by molar-refractivity contribution is -0.403. The van der Waals surface area contributed by atoms with E-state index in [1.54, 1.807) is 0 Å². The van der Waals surface area contributed by atoms with Crippen molar-refractivity contribution in [2.45, 2.75) is 269 Å². The molecule has 6 saturated heterocycles. The van der Waals surface area contributed by atoms with E-state index >= 15 is 0 Å². The fourth-order valence-electron chi connectivity index (χ4n) is 16.7. The van der Waals surface area contributed by atoms with Gasteiger partial charge in [-0.15, -0.1) is 0 Å². The topological polar surface area (TPSA) is 486 Å². The highest BCUT2D eigenvalue weighted by Crippen LogP contribution is 2.72. The highest BCUT2D eigenvalue weighted by Gasteiger charge is 2.74. The van der Waals surface area contributed by atoms with E-state index in [-0.39, 0.29) is 41.6 Å². The van der Waals surface area contributed by atoms with Crippen LogP contribution in [-0.2, 0) is 52.1 Å². The summed E-state index contributed by atoms with van der Waals surface area (Å²) in [4.78, 5) is 0. The summed E-state index contributed by atoms with van der Waals surface area (Å²) in [5.74, 6) is -1.88. The number of hydrogen-bond donors (Lipinski definition) is 19. The highest BCUT2D eigenvalue weighted by atomic mass is 16.8. The summed E-state index contributed by atoms with van der Waals surface area (Å²) in [7, 11) is 0. The Morgan fingerprint density at radius 1 is 0.523 bits per heavy atom. The molecule has 6 aliphatic heterocycles. The third-order valence-corrected chi connectivity index (χ3v) is 22.2. The van der Waals surface area contributed by atoms with E-state index in [0.717, 1.165) is 12.0 Å². The zero-order chi connectivity index (χ0) is 63.9. The fourth-order valence-corrected chi connectivity index (χ4v) is 16.7. The van der Waals surface area contributed by atoms with Crippen LogP contribution >= 0.6 is 0 Å². The quantitative estimate of drug-likeness (QED) is 0.0504. The van der Waals surface area contributed by atoms with E-state index in [4.69, 9.17) is 52.1 Å². The molecule has 6 heterocycles. The van der Waals surface area contributed by atoms with Crippen LogP contribution in [0.15, 0.2) is 11.6 Å². The maximum absolute atomic E-state index is 13.1. The van der Waals surface area contributed by atoms with Crippen molar-refractivity contribution in [3.05, 3.63) is 11.6 Å². The van der Waals surface area contributed by atoms with Crippen LogP contribution in [0.5, 0.6) is 0 Å². The molecule has 30 heteroatoms. The number of ether oxygens (including phenoxy) is 11. The molecule has 0 spiro atoms. The van der Waals surface area contributed by atoms with Crippen molar-refractivity contribution < 1.29 is 149 Å². The Labute approximate surface area is 508 Å². The van der Waals surface area contributed by atoms with Crippen LogP contribution in [0, 0.1) is 40.4 Å². The van der Waals surface area contributed by atoms with Crippen LogP contribution in [0.3, 0.4) is 0 Å². The lowest BCUT2D eigenvalue weighted by atomic mass is 9.45. The van der Waals surface area contributed by atoms with Crippen LogP contribution < -0.4 is 0 Å². The van der Waals surface area contributed by atoms with Gasteiger partial charge in [-0.3, -0.25) is 0 Å². The third kappa shape index (κ3) is 12.4. The zero-order valence-electron chi connectivity index (χ0n) is 49.9. The van der Waals surface area contributed by atoms with Crippen molar-refractivity contribution in [1.82, 2.24) is 0 Å². The van der Waals surface area contributed by atoms with Crippen molar-refractivity contribution in [3.8, 4) is 0 Å². The predicted octanol–water partition coefficient (Wildman–Crippen LogP) is -6.71. The lowest BCUT2D eigenvalue weighted by Gasteiger charge is -2.61. The minimum atomic E-state index is -2.10. The minimum absolute atomic E-state index is 0.0446. The molecule has 88 heavy (non-hydrogen) atoms. The van der Waals surface area contributed by atoms with Crippen molar-refractivity contribution in [1.29, 1.82) is 0 Å². The van der Waals surface area contributed by atoms with E-state index in [9.17, 15) is 97.0 Å². The molecule has 0 radical (unpaired) electrons. The largest absolute Gasteiger partial charge is 0.394 e. The molecular formula is C58H96O30. The van der Waals surface area contributed by atoms with Gasteiger partial charge in [0.2, 0.25) is 0 Å². The monoisotopic (exact) mass is 1270 g/mol. The Hall–Kier alpha value is -1.46. The molecule has 0 amide bonds. The van der Waals surface area contributed by atoms with Gasteiger partial charge in [0.1, 0.15) is 122 Å². The molecule has 3 saturated carbocycles. The van der Waals surface area contributed by atoms with Gasteiger partial charge in [-0.25, -0.2) is 0 Å². The molecule has 508 valence electrons. The van der Waals surface area contributed by atoms with Gasteiger partial charge in [-0.1, -0.05) is 39.3 Å². The summed E-state index contributed by atoms with van der Waals surface area (Å²) in [6.07, 6.45) is -36.8. The van der Waals surface area contributed by atoms with Crippen LogP contribution in [-0.4, -0.2) is 314 Å². The molecule has 0 aromatic rings. The predicted molar refractivity (Wildman–Crippen MR) is 290 cm³/mol. The molecule has 4 aliphatic carbocycles. The maximum atomic E-state index is 13.1. The third-order valence-electron chi connectivity index (χ3n) is 22.2. The molecule has 0 aromatic heterocycles. The fraction of sp³-hybridized carbons (Fsp3) is 0.966. The first-order chi connectivity index (χ1) is 41.6. The standard InChI is InChI=1S/C58H96O30/c1-22(10-14-78-50-42(71)38(67)35(64)29(17-59)80-50)7-13-58(77)23(2)34-28(88-58)16-57(76)27-6-5-24-15-25(8-11-55(24,3)26(27)9-12-56(34,57)4)79-51-45(74)41(70)47(32(20-62)83-51)86-54-49(87-53-44(73)40(69)37(66)31(19-61)82-53)46(75)48(33(21-63)84-54)85-52-43(72)39(68)36(65)30(18-60)81-52/h5,22-23,25-54,59-77H,6-21H2,1-4H3/t22-,23-,25-,26-,27+,28-,29+,30+,31+,32+,33+,34-,35+,36+,37+,38-,39-,40-,41+,42+,43+,44+,45+,46-,47-,48+,49+,50+,51+,52-,53-,54-,55-,56+,57+,58+/m0/s1. The van der Waals surface area contributed by atoms with Gasteiger partial charge >= 0.3 is 0 Å². The first-order valence-electron chi connectivity index (χ1n) is 31.2. The second-order valence-corrected chi connectivity index (χ2v) is 27.1. The highest BCUT2D eigenvalue weighted by molar-refractivity contribution is 5.30. The van der Waals surface area contributed by atoms with Crippen LogP contribution in [0.25, 0.3) is 0 Å². The van der Waals surface area contributed by atoms with Gasteiger partial charge in [-0.2, -0.15) is 0 Å². The van der Waals surface area contributed by atoms with Gasteiger partial charge in [0.25, 0.3) is 0 Å². The Balaban J connectivity index is 0.769. The van der Waals surface area contributed by atoms with Crippen molar-refractivity contribution in [2.75, 3.05) is 39.6 Å². The van der Waals surface area contributed by atoms with Crippen molar-refractivity contribution >= 4 is 0 Å². The second-order valence-electron chi connectivity index (χ2n) is 27.1. The van der Waals surface area contributed by atoms with Gasteiger partial charge in [0.05, 0.1) is 57.5 Å². The Morgan fingerprint density at radius 2 is 1.00 bits per heavy atom. The number of allylic oxidation sites excluding steroid dienone is 1. The Kier molecular flexibility index (Phi) is 21.6. The number of aliphatic hydroxyl groups excluding tert-OH is 17. The van der Waals surface area contributed by atoms with Gasteiger partial charge < -0.3 is 149 Å². The van der Waals surface area contributed by atoms with Crippen LogP contribution in [0.1, 0.15) is 91.9 Å². The Morgan fingerprint density at radius 3 is 1.57 bits per heavy atom. The number of aliphatic hydroxyl groups is 19. The molecule has 36 atom stereocenters. The molecule has 0 aromatic carbocycles. The molecule has 10 rings (SSSR count). The zero-order valence-corrected chi connectivity index (χ0v) is 49.9. The number of hydrogen-bond acceptors (Lipinski definition) is 30. The van der Waals surface area contributed by atoms with Crippen LogP contribution in [0.2, 0.25) is 0 Å². The van der Waals surface area contributed by atoms with E-state index in [0.29, 0.717) is 57.8 Å². The van der Waals surface area contributed by atoms with E-state index in [1.165, 1.54) is 0 Å².